The van der Waals surface area contributed by atoms with Gasteiger partial charge in [-0.25, -0.2) is 0 Å². The summed E-state index contributed by atoms with van der Waals surface area (Å²) in [7, 11) is 0. The molecule has 1 atom stereocenters. The van der Waals surface area contributed by atoms with Gasteiger partial charge >= 0.3 is 5.97 Å². The summed E-state index contributed by atoms with van der Waals surface area (Å²) >= 11 is 0. The highest BCUT2D eigenvalue weighted by molar-refractivity contribution is 5.80. The fourth-order valence-corrected chi connectivity index (χ4v) is 2.19. The van der Waals surface area contributed by atoms with Gasteiger partial charge in [-0.05, 0) is 30.5 Å². The standard InChI is InChI=1S/C13H16N2O3/c16-12(8-10-3-5-14-6-4-10)15-7-1-2-11(9-15)13(17)18/h3-6,11H,1-2,7-9H2,(H,17,18)/t11-/m1/s1. The first-order chi connectivity index (χ1) is 8.66. The molecular weight excluding hydrogens is 232 g/mol. The summed E-state index contributed by atoms with van der Waals surface area (Å²) in [6.45, 7) is 0.993. The number of piperidine rings is 1. The second-order valence-corrected chi connectivity index (χ2v) is 4.55. The first kappa shape index (κ1) is 12.5. The Morgan fingerprint density at radius 2 is 2.11 bits per heavy atom. The number of carbonyl (C=O) groups excluding carboxylic acids is 1. The molecule has 5 nitrogen and oxygen atoms in total. The van der Waals surface area contributed by atoms with Crippen molar-refractivity contribution < 1.29 is 14.7 Å². The zero-order chi connectivity index (χ0) is 13.0. The van der Waals surface area contributed by atoms with Gasteiger partial charge in [-0.15, -0.1) is 0 Å². The van der Waals surface area contributed by atoms with Gasteiger partial charge in [0, 0.05) is 25.5 Å². The molecule has 0 saturated carbocycles. The van der Waals surface area contributed by atoms with Crippen LogP contribution in [0.3, 0.4) is 0 Å². The molecule has 1 N–H and O–H groups in total. The monoisotopic (exact) mass is 248 g/mol. The second-order valence-electron chi connectivity index (χ2n) is 4.55. The Morgan fingerprint density at radius 1 is 1.39 bits per heavy atom. The van der Waals surface area contributed by atoms with E-state index in [9.17, 15) is 9.59 Å². The van der Waals surface area contributed by atoms with Crippen LogP contribution < -0.4 is 0 Å². The highest BCUT2D eigenvalue weighted by atomic mass is 16.4. The van der Waals surface area contributed by atoms with Crippen molar-refractivity contribution in [2.24, 2.45) is 5.92 Å². The summed E-state index contributed by atoms with van der Waals surface area (Å²) in [4.78, 5) is 28.5. The van der Waals surface area contributed by atoms with E-state index in [1.165, 1.54) is 0 Å². The maximum absolute atomic E-state index is 12.0. The molecule has 1 saturated heterocycles. The first-order valence-electron chi connectivity index (χ1n) is 6.06. The van der Waals surface area contributed by atoms with Crippen molar-refractivity contribution in [1.82, 2.24) is 9.88 Å². The van der Waals surface area contributed by atoms with Crippen LogP contribution in [0, 0.1) is 5.92 Å². The summed E-state index contributed by atoms with van der Waals surface area (Å²) in [5.41, 5.74) is 0.910. The molecule has 96 valence electrons. The minimum atomic E-state index is -0.809. The number of nitrogens with zero attached hydrogens (tertiary/aromatic N) is 2. The van der Waals surface area contributed by atoms with Crippen LogP contribution >= 0.6 is 0 Å². The van der Waals surface area contributed by atoms with E-state index in [4.69, 9.17) is 5.11 Å². The number of rotatable bonds is 3. The third-order valence-electron chi connectivity index (χ3n) is 3.23. The number of pyridine rings is 1. The van der Waals surface area contributed by atoms with Crippen molar-refractivity contribution in [2.75, 3.05) is 13.1 Å². The highest BCUT2D eigenvalue weighted by Crippen LogP contribution is 2.17. The van der Waals surface area contributed by atoms with Gasteiger partial charge in [-0.3, -0.25) is 14.6 Å². The van der Waals surface area contributed by atoms with Crippen LogP contribution in [-0.2, 0) is 16.0 Å². The van der Waals surface area contributed by atoms with Crippen LogP contribution in [0.15, 0.2) is 24.5 Å². The third-order valence-corrected chi connectivity index (χ3v) is 3.23. The van der Waals surface area contributed by atoms with Gasteiger partial charge in [0.15, 0.2) is 0 Å². The number of aliphatic carboxylic acids is 1. The number of amides is 1. The van der Waals surface area contributed by atoms with Gasteiger partial charge in [-0.2, -0.15) is 0 Å². The van der Waals surface area contributed by atoms with Crippen LogP contribution in [0.4, 0.5) is 0 Å². The molecule has 1 aliphatic rings. The predicted molar refractivity (Wildman–Crippen MR) is 64.9 cm³/mol. The van der Waals surface area contributed by atoms with E-state index in [1.807, 2.05) is 0 Å². The normalized spacial score (nSPS) is 19.6. The Hall–Kier alpha value is -1.91. The quantitative estimate of drug-likeness (QED) is 0.864. The van der Waals surface area contributed by atoms with Crippen molar-refractivity contribution in [3.63, 3.8) is 0 Å². The van der Waals surface area contributed by atoms with Gasteiger partial charge in [0.2, 0.25) is 5.91 Å². The molecule has 1 aromatic rings. The lowest BCUT2D eigenvalue weighted by Gasteiger charge is -2.30. The molecule has 0 spiro atoms. The minimum Gasteiger partial charge on any atom is -0.481 e. The molecule has 1 aromatic heterocycles. The van der Waals surface area contributed by atoms with Gasteiger partial charge in [0.1, 0.15) is 0 Å². The Bertz CT molecular complexity index is 433. The Labute approximate surface area is 105 Å². The summed E-state index contributed by atoms with van der Waals surface area (Å²) in [5, 5.41) is 8.98. The van der Waals surface area contributed by atoms with E-state index in [0.29, 0.717) is 25.9 Å². The maximum Gasteiger partial charge on any atom is 0.308 e. The van der Waals surface area contributed by atoms with Crippen LogP contribution in [0.2, 0.25) is 0 Å². The van der Waals surface area contributed by atoms with E-state index in [2.05, 4.69) is 4.98 Å². The maximum atomic E-state index is 12.0. The summed E-state index contributed by atoms with van der Waals surface area (Å²) in [5.74, 6) is -1.23. The largest absolute Gasteiger partial charge is 0.481 e. The van der Waals surface area contributed by atoms with Crippen molar-refractivity contribution >= 4 is 11.9 Å². The fourth-order valence-electron chi connectivity index (χ4n) is 2.19. The molecule has 5 heteroatoms. The molecule has 1 fully saturated rings. The van der Waals surface area contributed by atoms with Crippen LogP contribution in [0.1, 0.15) is 18.4 Å². The fraction of sp³-hybridized carbons (Fsp3) is 0.462. The van der Waals surface area contributed by atoms with Crippen LogP contribution in [0.25, 0.3) is 0 Å². The van der Waals surface area contributed by atoms with Crippen LogP contribution in [0.5, 0.6) is 0 Å². The lowest BCUT2D eigenvalue weighted by Crippen LogP contribution is -2.42. The topological polar surface area (TPSA) is 70.5 Å². The molecule has 2 rings (SSSR count). The van der Waals surface area contributed by atoms with E-state index in [0.717, 1.165) is 12.0 Å². The molecule has 0 bridgehead atoms. The molecule has 1 amide bonds. The number of hydrogen-bond acceptors (Lipinski definition) is 3. The SMILES string of the molecule is O=C(O)[C@@H]1CCCN(C(=O)Cc2ccncc2)C1. The Morgan fingerprint density at radius 3 is 2.78 bits per heavy atom. The van der Waals surface area contributed by atoms with Crippen molar-refractivity contribution in [1.29, 1.82) is 0 Å². The molecule has 0 aliphatic carbocycles. The average Bonchev–Trinajstić information content (AvgIpc) is 2.40. The molecule has 0 radical (unpaired) electrons. The second kappa shape index (κ2) is 5.62. The van der Waals surface area contributed by atoms with E-state index >= 15 is 0 Å². The average molecular weight is 248 g/mol. The number of carboxylic acid groups (broad SMARTS) is 1. The van der Waals surface area contributed by atoms with E-state index in [-0.39, 0.29) is 5.91 Å². The number of carboxylic acids is 1. The molecule has 2 heterocycles. The minimum absolute atomic E-state index is 0.00727. The molecule has 0 aromatic carbocycles. The highest BCUT2D eigenvalue weighted by Gasteiger charge is 2.27. The zero-order valence-corrected chi connectivity index (χ0v) is 10.1. The number of aromatic nitrogens is 1. The van der Waals surface area contributed by atoms with Gasteiger partial charge in [-0.1, -0.05) is 0 Å². The van der Waals surface area contributed by atoms with Crippen molar-refractivity contribution in [3.05, 3.63) is 30.1 Å². The van der Waals surface area contributed by atoms with Crippen molar-refractivity contribution in [2.45, 2.75) is 19.3 Å². The summed E-state index contributed by atoms with van der Waals surface area (Å²) in [6.07, 6.45) is 5.04. The van der Waals surface area contributed by atoms with Crippen molar-refractivity contribution in [3.8, 4) is 0 Å². The third kappa shape index (κ3) is 3.06. The molecular formula is C13H16N2O3. The van der Waals surface area contributed by atoms with Crippen LogP contribution in [-0.4, -0.2) is 40.0 Å². The number of hydrogen-bond donors (Lipinski definition) is 1. The molecule has 1 aliphatic heterocycles. The number of likely N-dealkylation sites (tertiary alicyclic amines) is 1. The predicted octanol–water partition coefficient (Wildman–Crippen LogP) is 0.947. The Kier molecular flexibility index (Phi) is 3.92. The first-order valence-corrected chi connectivity index (χ1v) is 6.06. The Balaban J connectivity index is 1.95. The lowest BCUT2D eigenvalue weighted by atomic mass is 9.98. The molecule has 18 heavy (non-hydrogen) atoms. The summed E-state index contributed by atoms with van der Waals surface area (Å²) < 4.78 is 0. The summed E-state index contributed by atoms with van der Waals surface area (Å²) in [6, 6.07) is 3.60. The van der Waals surface area contributed by atoms with E-state index < -0.39 is 11.9 Å². The van der Waals surface area contributed by atoms with E-state index in [1.54, 1.807) is 29.4 Å². The number of carbonyl (C=O) groups is 2. The van der Waals surface area contributed by atoms with Gasteiger partial charge in [0.05, 0.1) is 12.3 Å². The van der Waals surface area contributed by atoms with Gasteiger partial charge < -0.3 is 10.0 Å². The molecule has 0 unspecified atom stereocenters. The smallest absolute Gasteiger partial charge is 0.308 e. The zero-order valence-electron chi connectivity index (χ0n) is 10.1. The van der Waals surface area contributed by atoms with Gasteiger partial charge in [0.25, 0.3) is 0 Å². The lowest BCUT2D eigenvalue weighted by molar-refractivity contribution is -0.145.